The Morgan fingerprint density at radius 3 is 2.85 bits per heavy atom. The molecule has 0 fully saturated rings. The summed E-state index contributed by atoms with van der Waals surface area (Å²) in [6.45, 7) is 6.00. The molecule has 0 aliphatic carbocycles. The lowest BCUT2D eigenvalue weighted by atomic mass is 10.0. The van der Waals surface area contributed by atoms with E-state index in [2.05, 4.69) is 50.9 Å². The Balaban J connectivity index is 1.54. The van der Waals surface area contributed by atoms with E-state index in [0.717, 1.165) is 38.4 Å². The first-order valence-corrected chi connectivity index (χ1v) is 7.13. The molecule has 5 heteroatoms. The second kappa shape index (κ2) is 5.73. The highest BCUT2D eigenvalue weighted by molar-refractivity contribution is 5.23. The Hall–Kier alpha value is -1.72. The van der Waals surface area contributed by atoms with Gasteiger partial charge < -0.3 is 10.3 Å². The molecular formula is C15H21N5. The summed E-state index contributed by atoms with van der Waals surface area (Å²) < 4.78 is 2.12. The van der Waals surface area contributed by atoms with Crippen molar-refractivity contribution in [1.82, 2.24) is 19.7 Å². The van der Waals surface area contributed by atoms with Gasteiger partial charge in [0.25, 0.3) is 0 Å². The average Bonchev–Trinajstić information content (AvgIpc) is 2.93. The van der Waals surface area contributed by atoms with Gasteiger partial charge in [-0.25, -0.2) is 0 Å². The third-order valence-corrected chi connectivity index (χ3v) is 3.98. The molecule has 0 saturated carbocycles. The molecule has 0 saturated heterocycles. The minimum atomic E-state index is 0.107. The molecule has 1 atom stereocenters. The first-order chi connectivity index (χ1) is 9.72. The van der Waals surface area contributed by atoms with Crippen molar-refractivity contribution < 1.29 is 0 Å². The van der Waals surface area contributed by atoms with Gasteiger partial charge in [-0.05, 0) is 18.9 Å². The molecule has 2 N–H and O–H groups in total. The number of nitrogens with zero attached hydrogens (tertiary/aromatic N) is 4. The summed E-state index contributed by atoms with van der Waals surface area (Å²) in [6, 6.07) is 8.62. The number of benzene rings is 1. The summed E-state index contributed by atoms with van der Waals surface area (Å²) in [5.74, 6) is 1.06. The minimum absolute atomic E-state index is 0.107. The van der Waals surface area contributed by atoms with Gasteiger partial charge in [0.1, 0.15) is 12.2 Å². The quantitative estimate of drug-likeness (QED) is 0.915. The van der Waals surface area contributed by atoms with Crippen LogP contribution in [0.3, 0.4) is 0 Å². The highest BCUT2D eigenvalue weighted by Gasteiger charge is 2.18. The van der Waals surface area contributed by atoms with Crippen LogP contribution in [0.25, 0.3) is 0 Å². The van der Waals surface area contributed by atoms with Crippen molar-refractivity contribution in [2.24, 2.45) is 5.73 Å². The van der Waals surface area contributed by atoms with Crippen LogP contribution in [-0.2, 0) is 13.1 Å². The van der Waals surface area contributed by atoms with Crippen LogP contribution in [0.1, 0.15) is 29.4 Å². The summed E-state index contributed by atoms with van der Waals surface area (Å²) in [6.07, 6.45) is 2.78. The Morgan fingerprint density at radius 1 is 1.25 bits per heavy atom. The zero-order valence-corrected chi connectivity index (χ0v) is 11.9. The molecule has 3 rings (SSSR count). The average molecular weight is 271 g/mol. The monoisotopic (exact) mass is 271 g/mol. The van der Waals surface area contributed by atoms with Gasteiger partial charge in [-0.2, -0.15) is 0 Å². The molecule has 106 valence electrons. The molecular weight excluding hydrogens is 250 g/mol. The molecule has 0 bridgehead atoms. The molecule has 1 unspecified atom stereocenters. The van der Waals surface area contributed by atoms with Crippen LogP contribution in [0.2, 0.25) is 0 Å². The number of aromatic nitrogens is 3. The number of nitrogens with two attached hydrogens (primary N) is 1. The topological polar surface area (TPSA) is 60.0 Å². The van der Waals surface area contributed by atoms with Crippen molar-refractivity contribution >= 4 is 0 Å². The van der Waals surface area contributed by atoms with Crippen LogP contribution in [0.4, 0.5) is 0 Å². The number of hydrogen-bond donors (Lipinski definition) is 1. The van der Waals surface area contributed by atoms with E-state index in [9.17, 15) is 0 Å². The maximum Gasteiger partial charge on any atom is 0.147 e. The van der Waals surface area contributed by atoms with E-state index in [1.165, 1.54) is 11.1 Å². The van der Waals surface area contributed by atoms with Crippen molar-refractivity contribution in [3.05, 3.63) is 47.5 Å². The fourth-order valence-corrected chi connectivity index (χ4v) is 2.61. The van der Waals surface area contributed by atoms with Crippen LogP contribution in [-0.4, -0.2) is 32.8 Å². The second-order valence-corrected chi connectivity index (χ2v) is 5.52. The van der Waals surface area contributed by atoms with Gasteiger partial charge in [0.05, 0.1) is 6.54 Å². The Bertz CT molecular complexity index is 560. The lowest BCUT2D eigenvalue weighted by Gasteiger charge is -2.27. The van der Waals surface area contributed by atoms with Crippen LogP contribution in [0.5, 0.6) is 0 Å². The van der Waals surface area contributed by atoms with Crippen molar-refractivity contribution in [1.29, 1.82) is 0 Å². The van der Waals surface area contributed by atoms with Gasteiger partial charge in [0, 0.05) is 25.7 Å². The maximum absolute atomic E-state index is 6.28. The number of fused-ring (bicyclic) bond motifs is 1. The van der Waals surface area contributed by atoms with Crippen molar-refractivity contribution in [3.8, 4) is 0 Å². The predicted molar refractivity (Wildman–Crippen MR) is 78.0 cm³/mol. The van der Waals surface area contributed by atoms with E-state index in [4.69, 9.17) is 5.73 Å². The number of aryl methyl sites for hydroxylation is 1. The molecule has 0 spiro atoms. The van der Waals surface area contributed by atoms with E-state index in [-0.39, 0.29) is 6.04 Å². The molecule has 20 heavy (non-hydrogen) atoms. The van der Waals surface area contributed by atoms with Crippen molar-refractivity contribution in [2.45, 2.75) is 32.5 Å². The molecule has 1 aliphatic rings. The summed E-state index contributed by atoms with van der Waals surface area (Å²) in [5, 5.41) is 8.09. The molecule has 2 heterocycles. The third kappa shape index (κ3) is 2.89. The lowest BCUT2D eigenvalue weighted by molar-refractivity contribution is 0.210. The Labute approximate surface area is 119 Å². The Morgan fingerprint density at radius 2 is 2.05 bits per heavy atom. The van der Waals surface area contributed by atoms with Gasteiger partial charge in [-0.15, -0.1) is 10.2 Å². The van der Waals surface area contributed by atoms with Gasteiger partial charge in [-0.1, -0.05) is 29.8 Å². The SMILES string of the molecule is Cc1ccc(C(N)CCN2CCn3cnnc3C2)cc1. The number of hydrogen-bond acceptors (Lipinski definition) is 4. The minimum Gasteiger partial charge on any atom is -0.324 e. The van der Waals surface area contributed by atoms with Crippen LogP contribution >= 0.6 is 0 Å². The second-order valence-electron chi connectivity index (χ2n) is 5.52. The van der Waals surface area contributed by atoms with E-state index >= 15 is 0 Å². The smallest absolute Gasteiger partial charge is 0.147 e. The first kappa shape index (κ1) is 13.3. The zero-order valence-electron chi connectivity index (χ0n) is 11.9. The molecule has 1 aromatic heterocycles. The van der Waals surface area contributed by atoms with Crippen LogP contribution in [0, 0.1) is 6.92 Å². The highest BCUT2D eigenvalue weighted by Crippen LogP contribution is 2.17. The normalized spacial score (nSPS) is 16.9. The summed E-state index contributed by atoms with van der Waals surface area (Å²) in [4.78, 5) is 2.40. The molecule has 0 radical (unpaired) electrons. The standard InChI is InChI=1S/C15H21N5/c1-12-2-4-13(5-3-12)14(16)6-7-19-8-9-20-11-17-18-15(20)10-19/h2-5,11,14H,6-10,16H2,1H3. The van der Waals surface area contributed by atoms with E-state index in [1.54, 1.807) is 0 Å². The Kier molecular flexibility index (Phi) is 3.80. The van der Waals surface area contributed by atoms with Gasteiger partial charge in [-0.3, -0.25) is 4.90 Å². The zero-order chi connectivity index (χ0) is 13.9. The molecule has 0 amide bonds. The summed E-state index contributed by atoms with van der Waals surface area (Å²) in [7, 11) is 0. The summed E-state index contributed by atoms with van der Waals surface area (Å²) in [5.41, 5.74) is 8.77. The van der Waals surface area contributed by atoms with Gasteiger partial charge in [0.15, 0.2) is 0 Å². The molecule has 1 aliphatic heterocycles. The van der Waals surface area contributed by atoms with Crippen LogP contribution in [0.15, 0.2) is 30.6 Å². The van der Waals surface area contributed by atoms with E-state index < -0.39 is 0 Å². The maximum atomic E-state index is 6.28. The number of rotatable bonds is 4. The van der Waals surface area contributed by atoms with Crippen molar-refractivity contribution in [2.75, 3.05) is 13.1 Å². The fourth-order valence-electron chi connectivity index (χ4n) is 2.61. The highest BCUT2D eigenvalue weighted by atomic mass is 15.3. The first-order valence-electron chi connectivity index (χ1n) is 7.13. The van der Waals surface area contributed by atoms with Crippen LogP contribution < -0.4 is 5.73 Å². The van der Waals surface area contributed by atoms with E-state index in [0.29, 0.717) is 0 Å². The van der Waals surface area contributed by atoms with E-state index in [1.807, 2.05) is 6.33 Å². The summed E-state index contributed by atoms with van der Waals surface area (Å²) >= 11 is 0. The predicted octanol–water partition coefficient (Wildman–Crippen LogP) is 1.49. The molecule has 2 aromatic rings. The fraction of sp³-hybridized carbons (Fsp3) is 0.467. The largest absolute Gasteiger partial charge is 0.324 e. The third-order valence-electron chi connectivity index (χ3n) is 3.98. The van der Waals surface area contributed by atoms with Gasteiger partial charge in [0.2, 0.25) is 0 Å². The van der Waals surface area contributed by atoms with Gasteiger partial charge >= 0.3 is 0 Å². The lowest BCUT2D eigenvalue weighted by Crippen LogP contribution is -2.35. The molecule has 1 aromatic carbocycles. The molecule has 5 nitrogen and oxygen atoms in total. The van der Waals surface area contributed by atoms with Crippen molar-refractivity contribution in [3.63, 3.8) is 0 Å².